The second-order valence-corrected chi connectivity index (χ2v) is 6.77. The van der Waals surface area contributed by atoms with Crippen LogP contribution in [0.25, 0.3) is 5.69 Å². The monoisotopic (exact) mass is 418 g/mol. The number of halogens is 2. The van der Waals surface area contributed by atoms with Crippen LogP contribution in [-0.2, 0) is 6.54 Å². The number of hydrogen-bond acceptors (Lipinski definition) is 4. The third kappa shape index (κ3) is 4.16. The zero-order chi connectivity index (χ0) is 20.3. The van der Waals surface area contributed by atoms with Gasteiger partial charge in [0.1, 0.15) is 0 Å². The van der Waals surface area contributed by atoms with Gasteiger partial charge >= 0.3 is 5.69 Å². The predicted octanol–water partition coefficient (Wildman–Crippen LogP) is 2.50. The molecule has 0 atom stereocenters. The fourth-order valence-corrected chi connectivity index (χ4v) is 2.95. The number of carbonyl (C=O) groups excluding carboxylic acids is 1. The van der Waals surface area contributed by atoms with E-state index in [2.05, 4.69) is 10.4 Å². The van der Waals surface area contributed by atoms with Crippen LogP contribution in [-0.4, -0.2) is 26.8 Å². The van der Waals surface area contributed by atoms with Crippen LogP contribution in [0.5, 0.6) is 0 Å². The zero-order valence-corrected chi connectivity index (χ0v) is 16.4. The van der Waals surface area contributed by atoms with Gasteiger partial charge in [0.2, 0.25) is 5.69 Å². The third-order valence-electron chi connectivity index (χ3n) is 3.91. The molecule has 1 N–H and O–H groups in total. The highest BCUT2D eigenvalue weighted by atomic mass is 35.5. The van der Waals surface area contributed by atoms with Gasteiger partial charge in [-0.1, -0.05) is 35.3 Å². The lowest BCUT2D eigenvalue weighted by Crippen LogP contribution is -2.46. The van der Waals surface area contributed by atoms with Gasteiger partial charge in [0, 0.05) is 16.6 Å². The Morgan fingerprint density at radius 1 is 1.07 bits per heavy atom. The highest BCUT2D eigenvalue weighted by Gasteiger charge is 2.20. The van der Waals surface area contributed by atoms with Crippen molar-refractivity contribution in [3.8, 4) is 5.69 Å². The van der Waals surface area contributed by atoms with Crippen molar-refractivity contribution >= 4 is 29.1 Å². The summed E-state index contributed by atoms with van der Waals surface area (Å²) in [6.45, 7) is 1.98. The maximum atomic E-state index is 13.0. The number of nitrogens with zero attached hydrogens (tertiary/aromatic N) is 3. The van der Waals surface area contributed by atoms with Crippen molar-refractivity contribution in [1.29, 1.82) is 0 Å². The number of aromatic nitrogens is 3. The van der Waals surface area contributed by atoms with Crippen LogP contribution in [0.4, 0.5) is 0 Å². The first-order valence-corrected chi connectivity index (χ1v) is 9.19. The number of nitrogens with one attached hydrogen (secondary N) is 1. The van der Waals surface area contributed by atoms with Crippen LogP contribution in [0, 0.1) is 0 Å². The van der Waals surface area contributed by atoms with Gasteiger partial charge in [-0.15, -0.1) is 0 Å². The minimum absolute atomic E-state index is 0.0548. The van der Waals surface area contributed by atoms with E-state index in [1.165, 1.54) is 0 Å². The molecule has 9 heteroatoms. The number of carbonyl (C=O) groups is 1. The molecule has 0 fully saturated rings. The average molecular weight is 419 g/mol. The van der Waals surface area contributed by atoms with Gasteiger partial charge in [-0.3, -0.25) is 14.2 Å². The molecular weight excluding hydrogens is 403 g/mol. The van der Waals surface area contributed by atoms with Gasteiger partial charge in [0.25, 0.3) is 11.5 Å². The fourth-order valence-electron chi connectivity index (χ4n) is 2.61. The fraction of sp³-hybridized carbons (Fsp3) is 0.158. The maximum absolute atomic E-state index is 13.0. The Kier molecular flexibility index (Phi) is 5.96. The number of hydrogen-bond donors (Lipinski definition) is 1. The van der Waals surface area contributed by atoms with Crippen LogP contribution in [0.3, 0.4) is 0 Å². The van der Waals surface area contributed by atoms with E-state index in [1.54, 1.807) is 55.5 Å². The lowest BCUT2D eigenvalue weighted by atomic mass is 10.2. The standard InChI is InChI=1S/C19H16Cl2N4O3/c1-2-22-17(26)16-18(27)24(11-12-4-3-5-14(21)10-12)19(28)25(23-16)15-8-6-13(20)7-9-15/h3-10H,2,11H2,1H3,(H,22,26). The van der Waals surface area contributed by atoms with Gasteiger partial charge < -0.3 is 5.32 Å². The van der Waals surface area contributed by atoms with Crippen molar-refractivity contribution in [1.82, 2.24) is 19.7 Å². The summed E-state index contributed by atoms with van der Waals surface area (Å²) < 4.78 is 1.96. The summed E-state index contributed by atoms with van der Waals surface area (Å²) >= 11 is 11.9. The molecular formula is C19H16Cl2N4O3. The molecule has 0 bridgehead atoms. The summed E-state index contributed by atoms with van der Waals surface area (Å²) in [6.07, 6.45) is 0. The smallest absolute Gasteiger partial charge is 0.351 e. The van der Waals surface area contributed by atoms with Crippen molar-refractivity contribution in [2.24, 2.45) is 0 Å². The van der Waals surface area contributed by atoms with Gasteiger partial charge in [-0.25, -0.2) is 4.79 Å². The Balaban J connectivity index is 2.21. The highest BCUT2D eigenvalue weighted by Crippen LogP contribution is 2.12. The average Bonchev–Trinajstić information content (AvgIpc) is 2.66. The van der Waals surface area contributed by atoms with E-state index in [-0.39, 0.29) is 12.2 Å². The number of benzene rings is 2. The molecule has 0 unspecified atom stereocenters. The molecule has 0 saturated heterocycles. The lowest BCUT2D eigenvalue weighted by molar-refractivity contribution is 0.0946. The largest absolute Gasteiger partial charge is 0.352 e. The van der Waals surface area contributed by atoms with Crippen LogP contribution in [0.15, 0.2) is 58.1 Å². The van der Waals surface area contributed by atoms with Gasteiger partial charge in [0.05, 0.1) is 12.2 Å². The molecule has 2 aromatic carbocycles. The Labute approximate surface area is 170 Å². The lowest BCUT2D eigenvalue weighted by Gasteiger charge is -2.12. The van der Waals surface area contributed by atoms with E-state index in [0.29, 0.717) is 27.8 Å². The first-order chi connectivity index (χ1) is 13.4. The Bertz CT molecular complexity index is 1140. The summed E-state index contributed by atoms with van der Waals surface area (Å²) in [5.74, 6) is -0.657. The summed E-state index contributed by atoms with van der Waals surface area (Å²) in [6, 6.07) is 13.1. The molecule has 0 saturated carbocycles. The van der Waals surface area contributed by atoms with E-state index in [4.69, 9.17) is 23.2 Å². The molecule has 0 spiro atoms. The predicted molar refractivity (Wildman–Crippen MR) is 108 cm³/mol. The summed E-state index contributed by atoms with van der Waals surface area (Å²) in [4.78, 5) is 38.1. The normalized spacial score (nSPS) is 10.7. The van der Waals surface area contributed by atoms with Crippen LogP contribution in [0.1, 0.15) is 23.0 Å². The van der Waals surface area contributed by atoms with Crippen molar-refractivity contribution < 1.29 is 4.79 Å². The van der Waals surface area contributed by atoms with Crippen LogP contribution >= 0.6 is 23.2 Å². The molecule has 0 aliphatic rings. The molecule has 1 aromatic heterocycles. The Morgan fingerprint density at radius 3 is 2.43 bits per heavy atom. The molecule has 3 aromatic rings. The summed E-state index contributed by atoms with van der Waals surface area (Å²) in [5.41, 5.74) is -0.817. The summed E-state index contributed by atoms with van der Waals surface area (Å²) in [7, 11) is 0. The quantitative estimate of drug-likeness (QED) is 0.689. The van der Waals surface area contributed by atoms with Crippen molar-refractivity contribution in [3.05, 3.63) is 90.7 Å². The molecule has 1 amide bonds. The molecule has 0 aliphatic carbocycles. The Morgan fingerprint density at radius 2 is 1.79 bits per heavy atom. The first-order valence-electron chi connectivity index (χ1n) is 8.43. The molecule has 144 valence electrons. The molecule has 0 radical (unpaired) electrons. The zero-order valence-electron chi connectivity index (χ0n) is 14.9. The third-order valence-corrected chi connectivity index (χ3v) is 4.40. The number of rotatable bonds is 5. The number of amides is 1. The first kappa shape index (κ1) is 19.9. The van der Waals surface area contributed by atoms with E-state index in [9.17, 15) is 14.4 Å². The minimum Gasteiger partial charge on any atom is -0.351 e. The second kappa shape index (κ2) is 8.41. The van der Waals surface area contributed by atoms with E-state index >= 15 is 0 Å². The van der Waals surface area contributed by atoms with Gasteiger partial charge in [-0.2, -0.15) is 9.78 Å². The van der Waals surface area contributed by atoms with E-state index < -0.39 is 17.2 Å². The molecule has 1 heterocycles. The van der Waals surface area contributed by atoms with Crippen molar-refractivity contribution in [2.75, 3.05) is 6.54 Å². The second-order valence-electron chi connectivity index (χ2n) is 5.90. The SMILES string of the molecule is CCNC(=O)c1nn(-c2ccc(Cl)cc2)c(=O)n(Cc2cccc(Cl)c2)c1=O. The Hall–Kier alpha value is -2.90. The highest BCUT2D eigenvalue weighted by molar-refractivity contribution is 6.30. The molecule has 3 rings (SSSR count). The van der Waals surface area contributed by atoms with Crippen molar-refractivity contribution in [2.45, 2.75) is 13.5 Å². The molecule has 0 aliphatic heterocycles. The summed E-state index contributed by atoms with van der Waals surface area (Å²) in [5, 5.41) is 7.49. The van der Waals surface area contributed by atoms with Gasteiger partial charge in [0.15, 0.2) is 0 Å². The van der Waals surface area contributed by atoms with Crippen molar-refractivity contribution in [3.63, 3.8) is 0 Å². The van der Waals surface area contributed by atoms with E-state index in [0.717, 1.165) is 9.25 Å². The topological polar surface area (TPSA) is 86.0 Å². The van der Waals surface area contributed by atoms with Gasteiger partial charge in [-0.05, 0) is 48.9 Å². The van der Waals surface area contributed by atoms with Crippen LogP contribution < -0.4 is 16.6 Å². The molecule has 28 heavy (non-hydrogen) atoms. The van der Waals surface area contributed by atoms with E-state index in [1.807, 2.05) is 0 Å². The minimum atomic E-state index is -0.777. The maximum Gasteiger partial charge on any atom is 0.352 e. The van der Waals surface area contributed by atoms with Crippen LogP contribution in [0.2, 0.25) is 10.0 Å². The molecule has 7 nitrogen and oxygen atoms in total.